The molecule has 0 spiro atoms. The molecule has 0 aromatic heterocycles. The summed E-state index contributed by atoms with van der Waals surface area (Å²) in [6.07, 6.45) is 0.777. The summed E-state index contributed by atoms with van der Waals surface area (Å²) in [4.78, 5) is 13.4. The Balaban J connectivity index is 2.56. The molecule has 1 amide bonds. The Bertz CT molecular complexity index is 420. The van der Waals surface area contributed by atoms with Crippen LogP contribution in [0.2, 0.25) is 0 Å². The Labute approximate surface area is 83.8 Å². The van der Waals surface area contributed by atoms with Gasteiger partial charge in [-0.2, -0.15) is 0 Å². The van der Waals surface area contributed by atoms with Gasteiger partial charge in [0.1, 0.15) is 0 Å². The minimum atomic E-state index is 0.0521. The van der Waals surface area contributed by atoms with Gasteiger partial charge in [0.2, 0.25) is 0 Å². The summed E-state index contributed by atoms with van der Waals surface area (Å²) in [7, 11) is 1.77. The summed E-state index contributed by atoms with van der Waals surface area (Å²) in [6.45, 7) is 5.91. The Morgan fingerprint density at radius 1 is 1.43 bits per heavy atom. The van der Waals surface area contributed by atoms with Crippen LogP contribution in [0.15, 0.2) is 30.5 Å². The van der Waals surface area contributed by atoms with E-state index in [2.05, 4.69) is 12.6 Å². The summed E-state index contributed by atoms with van der Waals surface area (Å²) in [5.41, 5.74) is 3.96. The number of fused-ring (bicyclic) bond motifs is 1. The van der Waals surface area contributed by atoms with E-state index < -0.39 is 0 Å². The first kappa shape index (κ1) is 9.00. The van der Waals surface area contributed by atoms with E-state index in [0.29, 0.717) is 0 Å². The fourth-order valence-electron chi connectivity index (χ4n) is 1.74. The fraction of sp³-hybridized carbons (Fsp3) is 0.250. The lowest BCUT2D eigenvalue weighted by Gasteiger charge is -2.27. The first-order valence-electron chi connectivity index (χ1n) is 4.65. The molecule has 14 heavy (non-hydrogen) atoms. The first-order chi connectivity index (χ1) is 6.59. The van der Waals surface area contributed by atoms with Crippen molar-refractivity contribution in [3.63, 3.8) is 0 Å². The SMILES string of the molecule is C=C1Cc2cc(C)ccc2C(=O)N1C. The predicted octanol–water partition coefficient (Wildman–Crippen LogP) is 2.14. The van der Waals surface area contributed by atoms with Crippen molar-refractivity contribution < 1.29 is 4.79 Å². The number of allylic oxidation sites excluding steroid dienone is 1. The molecule has 0 radical (unpaired) electrons. The largest absolute Gasteiger partial charge is 0.315 e. The standard InChI is InChI=1S/C12H13NO/c1-8-4-5-11-10(6-8)7-9(2)13(3)12(11)14/h4-6H,2,7H2,1,3H3. The van der Waals surface area contributed by atoms with E-state index in [1.807, 2.05) is 19.1 Å². The first-order valence-corrected chi connectivity index (χ1v) is 4.65. The van der Waals surface area contributed by atoms with Gasteiger partial charge in [0, 0.05) is 24.7 Å². The zero-order valence-corrected chi connectivity index (χ0v) is 8.50. The Morgan fingerprint density at radius 2 is 2.14 bits per heavy atom. The molecule has 1 aliphatic rings. The van der Waals surface area contributed by atoms with Crippen LogP contribution >= 0.6 is 0 Å². The third-order valence-corrected chi connectivity index (χ3v) is 2.66. The second-order valence-corrected chi connectivity index (χ2v) is 3.77. The van der Waals surface area contributed by atoms with Crippen LogP contribution in [0.5, 0.6) is 0 Å². The van der Waals surface area contributed by atoms with E-state index >= 15 is 0 Å². The Hall–Kier alpha value is -1.57. The van der Waals surface area contributed by atoms with Gasteiger partial charge in [-0.3, -0.25) is 4.79 Å². The lowest BCUT2D eigenvalue weighted by molar-refractivity contribution is 0.0823. The molecule has 1 heterocycles. The number of carbonyl (C=O) groups is 1. The van der Waals surface area contributed by atoms with Crippen LogP contribution in [0, 0.1) is 6.92 Å². The normalized spacial score (nSPS) is 15.7. The lowest BCUT2D eigenvalue weighted by atomic mass is 9.96. The average Bonchev–Trinajstić information content (AvgIpc) is 2.14. The van der Waals surface area contributed by atoms with Crippen molar-refractivity contribution in [3.05, 3.63) is 47.2 Å². The molecule has 0 unspecified atom stereocenters. The van der Waals surface area contributed by atoms with Gasteiger partial charge in [0.05, 0.1) is 0 Å². The van der Waals surface area contributed by atoms with Crippen molar-refractivity contribution >= 4 is 5.91 Å². The van der Waals surface area contributed by atoms with E-state index in [4.69, 9.17) is 0 Å². The molecule has 1 aliphatic heterocycles. The molecule has 0 saturated carbocycles. The Morgan fingerprint density at radius 3 is 2.86 bits per heavy atom. The van der Waals surface area contributed by atoms with Crippen molar-refractivity contribution in [2.24, 2.45) is 0 Å². The number of nitrogens with zero attached hydrogens (tertiary/aromatic N) is 1. The Kier molecular flexibility index (Phi) is 1.92. The second kappa shape index (κ2) is 2.98. The number of rotatable bonds is 0. The van der Waals surface area contributed by atoms with Crippen molar-refractivity contribution in [3.8, 4) is 0 Å². The van der Waals surface area contributed by atoms with Crippen LogP contribution < -0.4 is 0 Å². The molecular formula is C12H13NO. The van der Waals surface area contributed by atoms with Gasteiger partial charge in [0.25, 0.3) is 5.91 Å². The molecule has 0 aliphatic carbocycles. The average molecular weight is 187 g/mol. The van der Waals surface area contributed by atoms with Crippen LogP contribution in [0.25, 0.3) is 0 Å². The molecule has 0 atom stereocenters. The number of likely N-dealkylation sites (N-methyl/N-ethyl adjacent to an activating group) is 1. The van der Waals surface area contributed by atoms with E-state index in [0.717, 1.165) is 23.2 Å². The maximum Gasteiger partial charge on any atom is 0.258 e. The molecule has 1 aromatic carbocycles. The molecule has 1 aromatic rings. The highest BCUT2D eigenvalue weighted by molar-refractivity contribution is 5.98. The highest BCUT2D eigenvalue weighted by Crippen LogP contribution is 2.24. The van der Waals surface area contributed by atoms with Gasteiger partial charge in [-0.05, 0) is 18.6 Å². The van der Waals surface area contributed by atoms with Crippen LogP contribution in [0.4, 0.5) is 0 Å². The maximum absolute atomic E-state index is 11.8. The number of carbonyl (C=O) groups excluding carboxylic acids is 1. The van der Waals surface area contributed by atoms with Gasteiger partial charge >= 0.3 is 0 Å². The summed E-state index contributed by atoms with van der Waals surface area (Å²) >= 11 is 0. The zero-order chi connectivity index (χ0) is 10.3. The third-order valence-electron chi connectivity index (χ3n) is 2.66. The van der Waals surface area contributed by atoms with Gasteiger partial charge < -0.3 is 4.90 Å². The number of aryl methyl sites for hydroxylation is 1. The molecule has 2 nitrogen and oxygen atoms in total. The molecule has 0 bridgehead atoms. The minimum Gasteiger partial charge on any atom is -0.315 e. The third kappa shape index (κ3) is 1.23. The summed E-state index contributed by atoms with van der Waals surface area (Å²) in [6, 6.07) is 5.93. The van der Waals surface area contributed by atoms with E-state index in [9.17, 15) is 4.79 Å². The van der Waals surface area contributed by atoms with Crippen LogP contribution in [0.3, 0.4) is 0 Å². The maximum atomic E-state index is 11.8. The highest BCUT2D eigenvalue weighted by Gasteiger charge is 2.23. The smallest absolute Gasteiger partial charge is 0.258 e. The molecule has 0 N–H and O–H groups in total. The van der Waals surface area contributed by atoms with Crippen molar-refractivity contribution in [2.45, 2.75) is 13.3 Å². The van der Waals surface area contributed by atoms with E-state index in [1.165, 1.54) is 5.56 Å². The molecule has 2 heteroatoms. The summed E-state index contributed by atoms with van der Waals surface area (Å²) in [5, 5.41) is 0. The molecule has 2 rings (SSSR count). The number of amides is 1. The topological polar surface area (TPSA) is 20.3 Å². The van der Waals surface area contributed by atoms with Crippen LogP contribution in [-0.2, 0) is 6.42 Å². The highest BCUT2D eigenvalue weighted by atomic mass is 16.2. The monoisotopic (exact) mass is 187 g/mol. The lowest BCUT2D eigenvalue weighted by Crippen LogP contribution is -2.31. The van der Waals surface area contributed by atoms with Crippen molar-refractivity contribution in [1.82, 2.24) is 4.90 Å². The fourth-order valence-corrected chi connectivity index (χ4v) is 1.74. The van der Waals surface area contributed by atoms with Gasteiger partial charge in [-0.15, -0.1) is 0 Å². The summed E-state index contributed by atoms with van der Waals surface area (Å²) < 4.78 is 0. The molecule has 0 saturated heterocycles. The van der Waals surface area contributed by atoms with Crippen LogP contribution in [-0.4, -0.2) is 17.9 Å². The second-order valence-electron chi connectivity index (χ2n) is 3.77. The minimum absolute atomic E-state index is 0.0521. The van der Waals surface area contributed by atoms with Gasteiger partial charge in [-0.25, -0.2) is 0 Å². The van der Waals surface area contributed by atoms with E-state index in [-0.39, 0.29) is 5.91 Å². The van der Waals surface area contributed by atoms with Crippen molar-refractivity contribution in [1.29, 1.82) is 0 Å². The van der Waals surface area contributed by atoms with E-state index in [1.54, 1.807) is 11.9 Å². The quantitative estimate of drug-likeness (QED) is 0.609. The number of benzene rings is 1. The number of hydrogen-bond donors (Lipinski definition) is 0. The summed E-state index contributed by atoms with van der Waals surface area (Å²) in [5.74, 6) is 0.0521. The van der Waals surface area contributed by atoms with Gasteiger partial charge in [-0.1, -0.05) is 24.3 Å². The molecule has 0 fully saturated rings. The zero-order valence-electron chi connectivity index (χ0n) is 8.50. The van der Waals surface area contributed by atoms with Gasteiger partial charge in [0.15, 0.2) is 0 Å². The van der Waals surface area contributed by atoms with Crippen molar-refractivity contribution in [2.75, 3.05) is 7.05 Å². The molecule has 72 valence electrons. The number of hydrogen-bond acceptors (Lipinski definition) is 1. The predicted molar refractivity (Wildman–Crippen MR) is 56.1 cm³/mol. The molecular weight excluding hydrogens is 174 g/mol. The van der Waals surface area contributed by atoms with Crippen LogP contribution in [0.1, 0.15) is 21.5 Å².